The van der Waals surface area contributed by atoms with E-state index >= 15 is 0 Å². The fourth-order valence-corrected chi connectivity index (χ4v) is 0.204. The van der Waals surface area contributed by atoms with Gasteiger partial charge in [0.2, 0.25) is 0 Å². The SMILES string of the molecule is O=[P](O)OC(F)F. The highest BCUT2D eigenvalue weighted by Gasteiger charge is 2.04. The van der Waals surface area contributed by atoms with Gasteiger partial charge in [0.25, 0.3) is 0 Å². The molecule has 1 radical (unpaired) electrons. The number of alkyl halides is 2. The molecule has 0 aliphatic carbocycles. The lowest BCUT2D eigenvalue weighted by molar-refractivity contribution is -0.0507. The molecule has 1 N–H and O–H groups in total. The highest BCUT2D eigenvalue weighted by molar-refractivity contribution is 7.32. The predicted molar refractivity (Wildman–Crippen MR) is 16.9 cm³/mol. The third-order valence-corrected chi connectivity index (χ3v) is 0.510. The topological polar surface area (TPSA) is 46.5 Å². The predicted octanol–water partition coefficient (Wildman–Crippen LogP) is 0.875. The second-order valence-electron chi connectivity index (χ2n) is 0.604. The maximum Gasteiger partial charge on any atom is 0.370 e. The highest BCUT2D eigenvalue weighted by Crippen LogP contribution is 2.18. The molecule has 0 spiro atoms. The maximum absolute atomic E-state index is 10.7. The molecule has 0 rings (SSSR count). The first-order valence-electron chi connectivity index (χ1n) is 1.24. The van der Waals surface area contributed by atoms with E-state index < -0.39 is 14.9 Å². The monoisotopic (exact) mass is 131 g/mol. The van der Waals surface area contributed by atoms with Gasteiger partial charge >= 0.3 is 14.9 Å². The average Bonchev–Trinajstić information content (AvgIpc) is 1.27. The summed E-state index contributed by atoms with van der Waals surface area (Å²) in [4.78, 5) is 7.53. The fraction of sp³-hybridized carbons (Fsp3) is 1.00. The van der Waals surface area contributed by atoms with Gasteiger partial charge in [-0.1, -0.05) is 0 Å². The Kier molecular flexibility index (Phi) is 2.91. The number of rotatable bonds is 2. The minimum Gasteiger partial charge on any atom is -0.298 e. The lowest BCUT2D eigenvalue weighted by Crippen LogP contribution is -1.87. The molecule has 0 aromatic rings. The standard InChI is InChI=1S/CH2F2O3P/c2-1(3)6-7(4)5/h1H,(H,4,5). The Bertz CT molecular complexity index is 73.3. The third-order valence-electron chi connectivity index (χ3n) is 0.170. The van der Waals surface area contributed by atoms with Gasteiger partial charge in [0.15, 0.2) is 0 Å². The zero-order valence-corrected chi connectivity index (χ0v) is 3.94. The molecule has 0 aromatic heterocycles. The summed E-state index contributed by atoms with van der Waals surface area (Å²) in [5.41, 5.74) is 0. The number of hydrogen-bond donors (Lipinski definition) is 1. The van der Waals surface area contributed by atoms with Gasteiger partial charge in [0.1, 0.15) is 0 Å². The Morgan fingerprint density at radius 2 is 2.14 bits per heavy atom. The zero-order chi connectivity index (χ0) is 5.86. The molecule has 1 unspecified atom stereocenters. The molecule has 6 heteroatoms. The summed E-state index contributed by atoms with van der Waals surface area (Å²) in [5.74, 6) is 0. The molecule has 0 amide bonds. The van der Waals surface area contributed by atoms with E-state index in [-0.39, 0.29) is 0 Å². The van der Waals surface area contributed by atoms with Gasteiger partial charge in [-0.25, -0.2) is 9.09 Å². The van der Waals surface area contributed by atoms with E-state index in [0.29, 0.717) is 0 Å². The van der Waals surface area contributed by atoms with Crippen molar-refractivity contribution in [1.82, 2.24) is 0 Å². The van der Waals surface area contributed by atoms with Crippen molar-refractivity contribution in [2.24, 2.45) is 0 Å². The summed E-state index contributed by atoms with van der Waals surface area (Å²) in [6.07, 6.45) is 0. The smallest absolute Gasteiger partial charge is 0.298 e. The molecule has 43 valence electrons. The normalized spacial score (nSPS) is 12.3. The Labute approximate surface area is 38.9 Å². The Morgan fingerprint density at radius 3 is 2.14 bits per heavy atom. The van der Waals surface area contributed by atoms with Crippen LogP contribution in [0.15, 0.2) is 0 Å². The number of halogens is 2. The van der Waals surface area contributed by atoms with Crippen LogP contribution >= 0.6 is 8.25 Å². The second-order valence-corrected chi connectivity index (χ2v) is 1.29. The van der Waals surface area contributed by atoms with E-state index in [2.05, 4.69) is 4.52 Å². The van der Waals surface area contributed by atoms with Crippen molar-refractivity contribution in [3.63, 3.8) is 0 Å². The van der Waals surface area contributed by atoms with Crippen molar-refractivity contribution in [3.05, 3.63) is 0 Å². The third kappa shape index (κ3) is 5.88. The van der Waals surface area contributed by atoms with E-state index in [0.717, 1.165) is 0 Å². The van der Waals surface area contributed by atoms with E-state index in [4.69, 9.17) is 4.89 Å². The average molecular weight is 131 g/mol. The lowest BCUT2D eigenvalue weighted by Gasteiger charge is -1.89. The molecule has 0 aliphatic rings. The summed E-state index contributed by atoms with van der Waals surface area (Å²) in [5, 5.41) is 0. The first kappa shape index (κ1) is 6.88. The second kappa shape index (κ2) is 2.96. The van der Waals surface area contributed by atoms with Crippen molar-refractivity contribution in [3.8, 4) is 0 Å². The van der Waals surface area contributed by atoms with Crippen LogP contribution in [0.25, 0.3) is 0 Å². The zero-order valence-electron chi connectivity index (χ0n) is 3.04. The minimum atomic E-state index is -3.16. The van der Waals surface area contributed by atoms with E-state index in [1.54, 1.807) is 0 Å². The van der Waals surface area contributed by atoms with Crippen molar-refractivity contribution < 1.29 is 22.8 Å². The molecule has 0 aliphatic heterocycles. The van der Waals surface area contributed by atoms with Crippen molar-refractivity contribution in [2.75, 3.05) is 0 Å². The van der Waals surface area contributed by atoms with E-state index in [1.165, 1.54) is 0 Å². The molecule has 7 heavy (non-hydrogen) atoms. The summed E-state index contributed by atoms with van der Waals surface area (Å²) in [6, 6.07) is 0. The van der Waals surface area contributed by atoms with Crippen LogP contribution in [-0.4, -0.2) is 11.5 Å². The Morgan fingerprint density at radius 1 is 1.71 bits per heavy atom. The minimum absolute atomic E-state index is 2.98. The summed E-state index contributed by atoms with van der Waals surface area (Å²) >= 11 is 0. The van der Waals surface area contributed by atoms with Crippen LogP contribution in [-0.2, 0) is 9.09 Å². The highest BCUT2D eigenvalue weighted by atomic mass is 31.1. The fourth-order valence-electron chi connectivity index (χ4n) is 0.0682. The summed E-state index contributed by atoms with van der Waals surface area (Å²) in [7, 11) is -3.14. The molecule has 0 saturated heterocycles. The quantitative estimate of drug-likeness (QED) is 0.565. The summed E-state index contributed by atoms with van der Waals surface area (Å²) in [6.45, 7) is -3.16. The number of hydrogen-bond acceptors (Lipinski definition) is 2. The van der Waals surface area contributed by atoms with Gasteiger partial charge in [-0.2, -0.15) is 8.78 Å². The maximum atomic E-state index is 10.7. The van der Waals surface area contributed by atoms with Gasteiger partial charge in [0.05, 0.1) is 0 Å². The molecule has 0 saturated carbocycles. The van der Waals surface area contributed by atoms with Gasteiger partial charge < -0.3 is 0 Å². The van der Waals surface area contributed by atoms with Crippen LogP contribution in [0.3, 0.4) is 0 Å². The van der Waals surface area contributed by atoms with Crippen molar-refractivity contribution >= 4 is 8.25 Å². The van der Waals surface area contributed by atoms with Gasteiger partial charge in [-0.05, 0) is 0 Å². The molecule has 0 bridgehead atoms. The van der Waals surface area contributed by atoms with Crippen LogP contribution in [0.1, 0.15) is 0 Å². The van der Waals surface area contributed by atoms with Crippen LogP contribution < -0.4 is 0 Å². The molecule has 1 atom stereocenters. The molecule has 0 fully saturated rings. The van der Waals surface area contributed by atoms with E-state index in [1.807, 2.05) is 0 Å². The Hall–Kier alpha value is -0.120. The first-order chi connectivity index (χ1) is 3.13. The van der Waals surface area contributed by atoms with Gasteiger partial charge in [-0.3, -0.25) is 4.89 Å². The molecule has 0 aromatic carbocycles. The lowest BCUT2D eigenvalue weighted by atomic mass is 11.5. The van der Waals surface area contributed by atoms with Gasteiger partial charge in [-0.15, -0.1) is 0 Å². The Balaban J connectivity index is 3.13. The molecule has 3 nitrogen and oxygen atoms in total. The summed E-state index contributed by atoms with van der Waals surface area (Å²) < 4.78 is 33.7. The van der Waals surface area contributed by atoms with Crippen molar-refractivity contribution in [2.45, 2.75) is 6.61 Å². The molecular formula is CH2F2O3P. The molecule has 0 heterocycles. The first-order valence-corrected chi connectivity index (χ1v) is 2.37. The van der Waals surface area contributed by atoms with E-state index in [9.17, 15) is 13.3 Å². The molecular weight excluding hydrogens is 129 g/mol. The van der Waals surface area contributed by atoms with Crippen LogP contribution in [0.5, 0.6) is 0 Å². The van der Waals surface area contributed by atoms with Gasteiger partial charge in [0, 0.05) is 0 Å². The van der Waals surface area contributed by atoms with Crippen LogP contribution in [0, 0.1) is 0 Å². The van der Waals surface area contributed by atoms with Crippen LogP contribution in [0.2, 0.25) is 0 Å². The largest absolute Gasteiger partial charge is 0.370 e. The van der Waals surface area contributed by atoms with Crippen molar-refractivity contribution in [1.29, 1.82) is 0 Å². The van der Waals surface area contributed by atoms with Crippen LogP contribution in [0.4, 0.5) is 8.78 Å².